The van der Waals surface area contributed by atoms with E-state index < -0.39 is 117 Å². The lowest BCUT2D eigenvalue weighted by Gasteiger charge is -2.34. The molecule has 8 aliphatic heterocycles. The highest BCUT2D eigenvalue weighted by Crippen LogP contribution is 2.48. The van der Waals surface area contributed by atoms with Crippen molar-refractivity contribution in [2.75, 3.05) is 58.9 Å². The molecule has 4 aromatic heterocycles. The van der Waals surface area contributed by atoms with Gasteiger partial charge in [0.15, 0.2) is 69.3 Å². The van der Waals surface area contributed by atoms with Gasteiger partial charge in [-0.3, -0.25) is 59.0 Å². The Morgan fingerprint density at radius 3 is 0.827 bits per heavy atom. The maximum atomic E-state index is 14.0. The van der Waals surface area contributed by atoms with Gasteiger partial charge in [-0.05, 0) is 140 Å². The summed E-state index contributed by atoms with van der Waals surface area (Å²) >= 11 is 0. The topological polar surface area (TPSA) is 243 Å². The van der Waals surface area contributed by atoms with Gasteiger partial charge in [0.1, 0.15) is 0 Å². The standard InChI is InChI=1S/C23H27F5N4O.C22H23F5N4O.2C20H19F5N4O2/c1-22(2,3)12-31-10-15-17(11-31)29-30-20(15)21(33)32-8-6-13(7-9-32)14-4-5-16(24)19(25)18(14)23(26,27)28;23-16-5-4-14(18(19(16)24)22(25,26)27)12-6-8-30(9-7-12)21(32)20-15-10-31(13-2-1-3-13)11-17(15)28-29-20;2*1-10(30)29-8-13-15(9-29)26-27-18(13)19(31)28-6-4-11(5-7-28)12-2-3-14(21)17(22)16(12)20(23,24)25/h4-5,13H,6-12H2,1-3H3,(H,29,30);4-5,12-13H,1-3,6-11H2,(H,28,29);2*2-3,11H,4-9H2,1H3,(H,26,27). The minimum absolute atomic E-state index is 0.109. The number of carbonyl (C=O) groups excluding carboxylic acids is 6. The molecule has 6 amide bonds. The number of halogens is 20. The van der Waals surface area contributed by atoms with E-state index in [9.17, 15) is 117 Å². The second-order valence-electron chi connectivity index (χ2n) is 34.6. The van der Waals surface area contributed by atoms with Crippen LogP contribution in [0.15, 0.2) is 48.5 Å². The Bertz CT molecular complexity index is 5330. The first kappa shape index (κ1) is 92.2. The van der Waals surface area contributed by atoms with Crippen molar-refractivity contribution in [2.24, 2.45) is 5.41 Å². The molecule has 0 bridgehead atoms. The number of benzene rings is 4. The summed E-state index contributed by atoms with van der Waals surface area (Å²) in [6.45, 7) is 15.6. The number of hydrogen-bond donors (Lipinski definition) is 4. The van der Waals surface area contributed by atoms with Gasteiger partial charge < -0.3 is 29.4 Å². The molecule has 17 rings (SSSR count). The van der Waals surface area contributed by atoms with E-state index in [0.717, 1.165) is 72.0 Å². The molecule has 12 heterocycles. The van der Waals surface area contributed by atoms with E-state index in [2.05, 4.69) is 71.4 Å². The molecule has 127 heavy (non-hydrogen) atoms. The normalized spacial score (nSPS) is 18.3. The van der Waals surface area contributed by atoms with Crippen LogP contribution in [-0.2, 0) is 86.7 Å². The second kappa shape index (κ2) is 35.9. The number of piperidine rings is 4. The van der Waals surface area contributed by atoms with Crippen molar-refractivity contribution in [2.45, 2.75) is 212 Å². The van der Waals surface area contributed by atoms with Crippen molar-refractivity contribution in [1.29, 1.82) is 0 Å². The third kappa shape index (κ3) is 19.3. The van der Waals surface area contributed by atoms with E-state index in [1.807, 2.05) is 0 Å². The number of hydrogen-bond acceptors (Lipinski definition) is 12. The zero-order valence-corrected chi connectivity index (χ0v) is 69.2. The van der Waals surface area contributed by atoms with Crippen molar-refractivity contribution in [3.8, 4) is 0 Å². The lowest BCUT2D eigenvalue weighted by molar-refractivity contribution is -0.142. The maximum Gasteiger partial charge on any atom is 0.419 e. The lowest BCUT2D eigenvalue weighted by atomic mass is 9.86. The van der Waals surface area contributed by atoms with Gasteiger partial charge in [-0.25, -0.2) is 35.1 Å². The van der Waals surface area contributed by atoms with Crippen LogP contribution < -0.4 is 0 Å². The summed E-state index contributed by atoms with van der Waals surface area (Å²) < 4.78 is 270. The quantitative estimate of drug-likeness (QED) is 0.0935. The van der Waals surface area contributed by atoms with E-state index in [1.165, 1.54) is 42.9 Å². The molecule has 0 atom stereocenters. The highest BCUT2D eigenvalue weighted by atomic mass is 19.4. The first-order chi connectivity index (χ1) is 59.7. The van der Waals surface area contributed by atoms with Crippen molar-refractivity contribution < 1.29 is 117 Å². The highest BCUT2D eigenvalue weighted by Gasteiger charge is 2.48. The van der Waals surface area contributed by atoms with Crippen LogP contribution in [0.3, 0.4) is 0 Å². The molecule has 22 nitrogen and oxygen atoms in total. The van der Waals surface area contributed by atoms with Crippen LogP contribution in [0.2, 0.25) is 0 Å². The van der Waals surface area contributed by atoms with Crippen LogP contribution in [0.4, 0.5) is 87.8 Å². The fourth-order valence-electron chi connectivity index (χ4n) is 18.5. The number of H-pyrrole nitrogens is 4. The fraction of sp³-hybridized carbons (Fsp3) is 0.506. The molecular weight excluding hydrogens is 1720 g/mol. The predicted octanol–water partition coefficient (Wildman–Crippen LogP) is 16.9. The summed E-state index contributed by atoms with van der Waals surface area (Å²) in [6, 6.07) is 7.38. The van der Waals surface area contributed by atoms with Crippen LogP contribution in [-0.4, -0.2) is 180 Å². The molecule has 0 unspecified atom stereocenters. The van der Waals surface area contributed by atoms with Crippen LogP contribution in [0.5, 0.6) is 0 Å². The third-order valence-electron chi connectivity index (χ3n) is 25.2. The van der Waals surface area contributed by atoms with Crippen molar-refractivity contribution in [3.05, 3.63) is 207 Å². The molecule has 4 aromatic carbocycles. The number of aromatic nitrogens is 8. The van der Waals surface area contributed by atoms with Gasteiger partial charge in [-0.15, -0.1) is 0 Å². The number of alkyl halides is 12. The number of likely N-dealkylation sites (tertiary alicyclic amines) is 4. The second-order valence-corrected chi connectivity index (χ2v) is 34.6. The number of fused-ring (bicyclic) bond motifs is 4. The van der Waals surface area contributed by atoms with Crippen molar-refractivity contribution in [3.63, 3.8) is 0 Å². The van der Waals surface area contributed by atoms with Gasteiger partial charge in [0.25, 0.3) is 23.6 Å². The Morgan fingerprint density at radius 2 is 0.583 bits per heavy atom. The fourth-order valence-corrected chi connectivity index (χ4v) is 18.5. The first-order valence-corrected chi connectivity index (χ1v) is 41.3. The molecule has 1 saturated carbocycles. The SMILES string of the molecule is CC(=O)N1Cc2[nH]nc(C(=O)N3CCC(c4ccc(F)c(F)c4C(F)(F)F)CC3)c2C1.CC(=O)N1Cc2[nH]nc(C(=O)N3CCC(c4ccc(F)c(F)c4C(F)(F)F)CC3)c2C1.CC(C)(C)CN1Cc2[nH]nc(C(=O)N3CCC(c4ccc(F)c(F)c4C(F)(F)F)CC3)c2C1.O=C(c1n[nH]c2c1CN(C1CCC1)C2)N1CCC(c2ccc(F)c(F)c2C(F)(F)F)CC1. The predicted molar refractivity (Wildman–Crippen MR) is 412 cm³/mol. The van der Waals surface area contributed by atoms with E-state index in [-0.39, 0.29) is 191 Å². The number of amides is 6. The van der Waals surface area contributed by atoms with Gasteiger partial charge in [-0.1, -0.05) is 51.5 Å². The molecule has 42 heteroatoms. The van der Waals surface area contributed by atoms with Crippen LogP contribution >= 0.6 is 0 Å². The average molecular weight is 1810 g/mol. The summed E-state index contributed by atoms with van der Waals surface area (Å²) in [7, 11) is 0. The zero-order valence-electron chi connectivity index (χ0n) is 69.2. The minimum atomic E-state index is -5.02. The lowest BCUT2D eigenvalue weighted by Crippen LogP contribution is -2.39. The number of carbonyl (C=O) groups is 6. The molecule has 5 fully saturated rings. The molecule has 0 radical (unpaired) electrons. The Hall–Kier alpha value is -10.9. The smallest absolute Gasteiger partial charge is 0.337 e. The Morgan fingerprint density at radius 1 is 0.331 bits per heavy atom. The Labute approximate surface area is 713 Å². The monoisotopic (exact) mass is 1810 g/mol. The maximum absolute atomic E-state index is 14.0. The summed E-state index contributed by atoms with van der Waals surface area (Å²) in [5, 5.41) is 28.0. The van der Waals surface area contributed by atoms with Gasteiger partial charge in [0, 0.05) is 127 Å². The Balaban J connectivity index is 0.000000137. The molecular formula is C85H88F20N16O6. The highest BCUT2D eigenvalue weighted by molar-refractivity contribution is 5.96. The molecule has 1 aliphatic carbocycles. The van der Waals surface area contributed by atoms with E-state index >= 15 is 0 Å². The van der Waals surface area contributed by atoms with Crippen LogP contribution in [0.25, 0.3) is 0 Å². The van der Waals surface area contributed by atoms with Crippen LogP contribution in [0, 0.1) is 52.0 Å². The summed E-state index contributed by atoms with van der Waals surface area (Å²) in [5.74, 6) is -17.7. The molecule has 0 spiro atoms. The number of rotatable bonds is 10. The van der Waals surface area contributed by atoms with Gasteiger partial charge in [0.2, 0.25) is 11.8 Å². The van der Waals surface area contributed by atoms with E-state index in [0.29, 0.717) is 84.8 Å². The van der Waals surface area contributed by atoms with E-state index in [1.54, 1.807) is 19.6 Å². The third-order valence-corrected chi connectivity index (χ3v) is 25.2. The van der Waals surface area contributed by atoms with Crippen LogP contribution in [0.1, 0.15) is 260 Å². The van der Waals surface area contributed by atoms with Gasteiger partial charge >= 0.3 is 24.7 Å². The molecule has 684 valence electrons. The molecule has 4 saturated heterocycles. The van der Waals surface area contributed by atoms with Crippen molar-refractivity contribution >= 4 is 35.4 Å². The largest absolute Gasteiger partial charge is 0.419 e. The molecule has 4 N–H and O–H groups in total. The van der Waals surface area contributed by atoms with Gasteiger partial charge in [-0.2, -0.15) is 73.1 Å². The number of aromatic amines is 4. The summed E-state index contributed by atoms with van der Waals surface area (Å²) in [6.07, 6.45) is -14.9. The van der Waals surface area contributed by atoms with E-state index in [4.69, 9.17) is 0 Å². The zero-order chi connectivity index (χ0) is 91.7. The summed E-state index contributed by atoms with van der Waals surface area (Å²) in [5.41, 5.74) is 0.182. The molecule has 8 aromatic rings. The number of nitrogens with one attached hydrogen (secondary N) is 4. The number of nitrogens with zero attached hydrogens (tertiary/aromatic N) is 12. The van der Waals surface area contributed by atoms with Gasteiger partial charge in [0.05, 0.1) is 71.2 Å². The first-order valence-electron chi connectivity index (χ1n) is 41.3. The molecule has 9 aliphatic rings. The minimum Gasteiger partial charge on any atom is -0.337 e. The average Bonchev–Trinajstić information content (AvgIpc) is 1.29. The Kier molecular flexibility index (Phi) is 26.1. The summed E-state index contributed by atoms with van der Waals surface area (Å²) in [4.78, 5) is 89.0. The van der Waals surface area contributed by atoms with Crippen molar-refractivity contribution in [1.82, 2.24) is 80.0 Å².